The molecule has 1 aromatic carbocycles. The predicted octanol–water partition coefficient (Wildman–Crippen LogP) is 3.02. The molecular formula is C17H22ClN5O. The number of likely N-dealkylation sites (N-methyl/N-ethyl adjacent to an activating group) is 1. The fourth-order valence-corrected chi connectivity index (χ4v) is 3.01. The van der Waals surface area contributed by atoms with Crippen LogP contribution in [0.5, 0.6) is 5.75 Å². The summed E-state index contributed by atoms with van der Waals surface area (Å²) in [4.78, 5) is 13.7. The van der Waals surface area contributed by atoms with E-state index in [1.165, 1.54) is 0 Å². The molecule has 0 amide bonds. The Morgan fingerprint density at radius 1 is 1.21 bits per heavy atom. The van der Waals surface area contributed by atoms with Gasteiger partial charge in [0.25, 0.3) is 0 Å². The van der Waals surface area contributed by atoms with E-state index in [1.807, 2.05) is 18.2 Å². The van der Waals surface area contributed by atoms with Gasteiger partial charge in [-0.3, -0.25) is 0 Å². The third-order valence-corrected chi connectivity index (χ3v) is 4.49. The first-order valence-corrected chi connectivity index (χ1v) is 8.48. The van der Waals surface area contributed by atoms with Crippen LogP contribution in [0.2, 0.25) is 5.02 Å². The summed E-state index contributed by atoms with van der Waals surface area (Å²) >= 11 is 6.16. The first-order chi connectivity index (χ1) is 11.7. The molecule has 7 heteroatoms. The van der Waals surface area contributed by atoms with Crippen molar-refractivity contribution >= 4 is 29.1 Å². The number of aromatic nitrogens is 2. The molecule has 0 atom stereocenters. The quantitative estimate of drug-likeness (QED) is 0.897. The molecule has 0 unspecified atom stereocenters. The van der Waals surface area contributed by atoms with E-state index in [2.05, 4.69) is 32.0 Å². The van der Waals surface area contributed by atoms with Crippen molar-refractivity contribution in [2.24, 2.45) is 0 Å². The van der Waals surface area contributed by atoms with Crippen LogP contribution in [0.4, 0.5) is 17.5 Å². The van der Waals surface area contributed by atoms with Gasteiger partial charge < -0.3 is 19.9 Å². The van der Waals surface area contributed by atoms with Crippen LogP contribution in [-0.4, -0.2) is 54.7 Å². The van der Waals surface area contributed by atoms with Gasteiger partial charge in [0.1, 0.15) is 11.6 Å². The lowest BCUT2D eigenvalue weighted by Gasteiger charge is -2.34. The molecule has 0 bridgehead atoms. The minimum Gasteiger partial charge on any atom is -0.495 e. The van der Waals surface area contributed by atoms with Crippen LogP contribution in [-0.2, 0) is 0 Å². The number of nitrogens with zero attached hydrogens (tertiary/aromatic N) is 4. The highest BCUT2D eigenvalue weighted by Crippen LogP contribution is 2.28. The second-order valence-electron chi connectivity index (χ2n) is 5.63. The van der Waals surface area contributed by atoms with Crippen LogP contribution >= 0.6 is 11.6 Å². The fourth-order valence-electron chi connectivity index (χ4n) is 2.75. The lowest BCUT2D eigenvalue weighted by atomic mass is 10.3. The minimum absolute atomic E-state index is 0.550. The van der Waals surface area contributed by atoms with E-state index >= 15 is 0 Å². The Morgan fingerprint density at radius 2 is 2.00 bits per heavy atom. The summed E-state index contributed by atoms with van der Waals surface area (Å²) < 4.78 is 5.16. The Morgan fingerprint density at radius 3 is 2.67 bits per heavy atom. The number of piperazine rings is 1. The number of benzene rings is 1. The van der Waals surface area contributed by atoms with Crippen LogP contribution in [0, 0.1) is 0 Å². The SMILES string of the molecule is CCN1CCN(c2ccnc(Nc3ccc(OC)c(Cl)c3)n2)CC1. The number of ether oxygens (including phenoxy) is 1. The average Bonchev–Trinajstić information content (AvgIpc) is 2.62. The number of nitrogens with one attached hydrogen (secondary N) is 1. The number of hydrogen-bond acceptors (Lipinski definition) is 6. The lowest BCUT2D eigenvalue weighted by molar-refractivity contribution is 0.270. The number of methoxy groups -OCH3 is 1. The van der Waals surface area contributed by atoms with Gasteiger partial charge in [-0.15, -0.1) is 0 Å². The van der Waals surface area contributed by atoms with Crippen molar-refractivity contribution < 1.29 is 4.74 Å². The zero-order chi connectivity index (χ0) is 16.9. The third-order valence-electron chi connectivity index (χ3n) is 4.19. The maximum absolute atomic E-state index is 6.16. The predicted molar refractivity (Wildman–Crippen MR) is 97.6 cm³/mol. The Labute approximate surface area is 147 Å². The minimum atomic E-state index is 0.550. The van der Waals surface area contributed by atoms with Crippen LogP contribution in [0.25, 0.3) is 0 Å². The summed E-state index contributed by atoms with van der Waals surface area (Å²) in [5.41, 5.74) is 0.828. The topological polar surface area (TPSA) is 53.5 Å². The number of anilines is 3. The van der Waals surface area contributed by atoms with Crippen molar-refractivity contribution in [2.75, 3.05) is 50.1 Å². The fraction of sp³-hybridized carbons (Fsp3) is 0.412. The van der Waals surface area contributed by atoms with E-state index < -0.39 is 0 Å². The molecule has 2 aromatic rings. The normalized spacial score (nSPS) is 15.4. The molecule has 3 rings (SSSR count). The molecule has 128 valence electrons. The molecule has 1 saturated heterocycles. The highest BCUT2D eigenvalue weighted by Gasteiger charge is 2.17. The van der Waals surface area contributed by atoms with E-state index in [4.69, 9.17) is 16.3 Å². The van der Waals surface area contributed by atoms with Crippen LogP contribution in [0.1, 0.15) is 6.92 Å². The second-order valence-corrected chi connectivity index (χ2v) is 6.04. The molecule has 2 heterocycles. The zero-order valence-corrected chi connectivity index (χ0v) is 14.8. The zero-order valence-electron chi connectivity index (χ0n) is 14.0. The van der Waals surface area contributed by atoms with Crippen LogP contribution in [0.3, 0.4) is 0 Å². The summed E-state index contributed by atoms with van der Waals surface area (Å²) in [6, 6.07) is 7.46. The molecule has 0 radical (unpaired) electrons. The van der Waals surface area contributed by atoms with E-state index in [1.54, 1.807) is 19.4 Å². The smallest absolute Gasteiger partial charge is 0.229 e. The van der Waals surface area contributed by atoms with E-state index in [0.29, 0.717) is 16.7 Å². The number of halogens is 1. The molecular weight excluding hydrogens is 326 g/mol. The highest BCUT2D eigenvalue weighted by atomic mass is 35.5. The standard InChI is InChI=1S/C17H22ClN5O/c1-3-22-8-10-23(11-9-22)16-6-7-19-17(21-16)20-13-4-5-15(24-2)14(18)12-13/h4-7,12H,3,8-11H2,1-2H3,(H,19,20,21). The number of hydrogen-bond donors (Lipinski definition) is 1. The van der Waals surface area contributed by atoms with Gasteiger partial charge in [-0.25, -0.2) is 4.98 Å². The van der Waals surface area contributed by atoms with Gasteiger partial charge >= 0.3 is 0 Å². The van der Waals surface area contributed by atoms with E-state index in [-0.39, 0.29) is 0 Å². The van der Waals surface area contributed by atoms with E-state index in [0.717, 1.165) is 44.2 Å². The Hall–Kier alpha value is -2.05. The molecule has 0 spiro atoms. The summed E-state index contributed by atoms with van der Waals surface area (Å²) in [6.45, 7) is 7.40. The van der Waals surface area contributed by atoms with Gasteiger partial charge in [-0.05, 0) is 30.8 Å². The molecule has 6 nitrogen and oxygen atoms in total. The van der Waals surface area contributed by atoms with Gasteiger partial charge in [-0.2, -0.15) is 4.98 Å². The molecule has 0 aliphatic carbocycles. The van der Waals surface area contributed by atoms with Crippen LogP contribution < -0.4 is 15.0 Å². The van der Waals surface area contributed by atoms with Crippen molar-refractivity contribution in [3.8, 4) is 5.75 Å². The van der Waals surface area contributed by atoms with Gasteiger partial charge in [0.15, 0.2) is 0 Å². The summed E-state index contributed by atoms with van der Waals surface area (Å²) in [5.74, 6) is 2.15. The first-order valence-electron chi connectivity index (χ1n) is 8.10. The largest absolute Gasteiger partial charge is 0.495 e. The van der Waals surface area contributed by atoms with Crippen LogP contribution in [0.15, 0.2) is 30.5 Å². The average molecular weight is 348 g/mol. The van der Waals surface area contributed by atoms with Crippen molar-refractivity contribution in [3.63, 3.8) is 0 Å². The Kier molecular flexibility index (Phi) is 5.37. The third kappa shape index (κ3) is 3.88. The molecule has 1 aromatic heterocycles. The Bertz CT molecular complexity index is 688. The molecule has 1 fully saturated rings. The maximum Gasteiger partial charge on any atom is 0.229 e. The first kappa shape index (κ1) is 16.8. The van der Waals surface area contributed by atoms with Crippen molar-refractivity contribution in [1.82, 2.24) is 14.9 Å². The molecule has 1 N–H and O–H groups in total. The van der Waals surface area contributed by atoms with Crippen molar-refractivity contribution in [2.45, 2.75) is 6.92 Å². The summed E-state index contributed by atoms with van der Waals surface area (Å²) in [7, 11) is 1.60. The van der Waals surface area contributed by atoms with Gasteiger partial charge in [0, 0.05) is 38.1 Å². The van der Waals surface area contributed by atoms with Gasteiger partial charge in [0.2, 0.25) is 5.95 Å². The van der Waals surface area contributed by atoms with Gasteiger partial charge in [-0.1, -0.05) is 18.5 Å². The lowest BCUT2D eigenvalue weighted by Crippen LogP contribution is -2.46. The van der Waals surface area contributed by atoms with Gasteiger partial charge in [0.05, 0.1) is 12.1 Å². The summed E-state index contributed by atoms with van der Waals surface area (Å²) in [5, 5.41) is 3.75. The molecule has 24 heavy (non-hydrogen) atoms. The summed E-state index contributed by atoms with van der Waals surface area (Å²) in [6.07, 6.45) is 1.78. The maximum atomic E-state index is 6.16. The number of rotatable bonds is 5. The Balaban J connectivity index is 1.70. The second kappa shape index (κ2) is 7.68. The molecule has 1 aliphatic rings. The highest BCUT2D eigenvalue weighted by molar-refractivity contribution is 6.32. The van der Waals surface area contributed by atoms with Crippen molar-refractivity contribution in [3.05, 3.63) is 35.5 Å². The monoisotopic (exact) mass is 347 g/mol. The molecule has 1 aliphatic heterocycles. The molecule has 0 saturated carbocycles. The van der Waals surface area contributed by atoms with E-state index in [9.17, 15) is 0 Å². The van der Waals surface area contributed by atoms with Crippen molar-refractivity contribution in [1.29, 1.82) is 0 Å².